The average molecular weight is 651 g/mol. The minimum absolute atomic E-state index is 0. The van der Waals surface area contributed by atoms with Gasteiger partial charge in [-0.3, -0.25) is 15.0 Å². The summed E-state index contributed by atoms with van der Waals surface area (Å²) >= 11 is 13.2. The Morgan fingerprint density at radius 2 is 1.76 bits per heavy atom. The Bertz CT molecular complexity index is 1480. The van der Waals surface area contributed by atoms with Crippen molar-refractivity contribution < 1.29 is 9.59 Å². The van der Waals surface area contributed by atoms with Crippen LogP contribution < -0.4 is 21.3 Å². The SMILES string of the molecule is Cl.N=C(N)CCNC(=O)c1ccc2[nH]c(-c3ccc(NC(=O)CCCc4ccc(N(CCCl)CCCl)cc4)s3)nc2c1. The number of fused-ring (bicyclic) bond motifs is 1. The minimum atomic E-state index is -0.244. The van der Waals surface area contributed by atoms with Gasteiger partial charge in [0.15, 0.2) is 0 Å². The molecule has 42 heavy (non-hydrogen) atoms. The Hall–Kier alpha value is -3.31. The van der Waals surface area contributed by atoms with Crippen molar-refractivity contribution in [2.75, 3.05) is 41.6 Å². The van der Waals surface area contributed by atoms with Gasteiger partial charge in [0.1, 0.15) is 5.82 Å². The number of carbonyl (C=O) groups is 2. The number of thiophene rings is 1. The van der Waals surface area contributed by atoms with E-state index in [4.69, 9.17) is 34.3 Å². The number of nitrogens with zero attached hydrogens (tertiary/aromatic N) is 2. The van der Waals surface area contributed by atoms with Crippen LogP contribution in [0.15, 0.2) is 54.6 Å². The Labute approximate surface area is 265 Å². The van der Waals surface area contributed by atoms with Gasteiger partial charge < -0.3 is 26.3 Å². The zero-order valence-corrected chi connectivity index (χ0v) is 26.1. The maximum Gasteiger partial charge on any atom is 0.251 e. The molecule has 0 atom stereocenters. The molecule has 224 valence electrons. The van der Waals surface area contributed by atoms with E-state index in [1.807, 2.05) is 18.2 Å². The number of rotatable bonds is 15. The first-order valence-corrected chi connectivity index (χ1v) is 15.2. The minimum Gasteiger partial charge on any atom is -0.388 e. The molecule has 0 radical (unpaired) electrons. The van der Waals surface area contributed by atoms with Crippen molar-refractivity contribution in [1.82, 2.24) is 15.3 Å². The van der Waals surface area contributed by atoms with Crippen LogP contribution in [0.25, 0.3) is 21.7 Å². The van der Waals surface area contributed by atoms with Crippen LogP contribution in [0, 0.1) is 5.41 Å². The van der Waals surface area contributed by atoms with Crippen molar-refractivity contribution in [3.05, 3.63) is 65.7 Å². The number of anilines is 2. The molecule has 0 bridgehead atoms. The first-order chi connectivity index (χ1) is 19.9. The number of imidazole rings is 1. The van der Waals surface area contributed by atoms with E-state index in [9.17, 15) is 9.59 Å². The molecule has 2 aromatic heterocycles. The number of nitrogens with two attached hydrogens (primary N) is 1. The fraction of sp³-hybridized carbons (Fsp3) is 0.310. The van der Waals surface area contributed by atoms with Crippen LogP contribution >= 0.6 is 46.9 Å². The molecule has 4 aromatic rings. The Kier molecular flexibility index (Phi) is 12.9. The summed E-state index contributed by atoms with van der Waals surface area (Å²) in [5, 5.41) is 13.7. The van der Waals surface area contributed by atoms with Gasteiger partial charge in [-0.2, -0.15) is 0 Å². The van der Waals surface area contributed by atoms with E-state index in [2.05, 4.69) is 49.8 Å². The Morgan fingerprint density at radius 3 is 2.45 bits per heavy atom. The third-order valence-electron chi connectivity index (χ3n) is 6.41. The summed E-state index contributed by atoms with van der Waals surface area (Å²) in [7, 11) is 0. The molecule has 0 fully saturated rings. The number of hydrogen-bond acceptors (Lipinski definition) is 6. The number of H-pyrrole nitrogens is 1. The first-order valence-electron chi connectivity index (χ1n) is 13.3. The Balaban J connectivity index is 0.00000484. The lowest BCUT2D eigenvalue weighted by Gasteiger charge is -2.23. The first kappa shape index (κ1) is 33.2. The maximum absolute atomic E-state index is 12.6. The monoisotopic (exact) mass is 649 g/mol. The van der Waals surface area contributed by atoms with Gasteiger partial charge in [-0.15, -0.1) is 46.9 Å². The predicted molar refractivity (Wildman–Crippen MR) is 177 cm³/mol. The molecule has 9 nitrogen and oxygen atoms in total. The van der Waals surface area contributed by atoms with E-state index in [0.29, 0.717) is 48.1 Å². The number of aromatic amines is 1. The number of nitrogens with one attached hydrogen (secondary N) is 4. The Morgan fingerprint density at radius 1 is 1.02 bits per heavy atom. The van der Waals surface area contributed by atoms with Crippen LogP contribution in [0.3, 0.4) is 0 Å². The van der Waals surface area contributed by atoms with Gasteiger partial charge in [0, 0.05) is 55.5 Å². The summed E-state index contributed by atoms with van der Waals surface area (Å²) in [5.41, 5.74) is 9.56. The van der Waals surface area contributed by atoms with Crippen molar-refractivity contribution in [1.29, 1.82) is 5.41 Å². The van der Waals surface area contributed by atoms with Crippen LogP contribution in [-0.2, 0) is 11.2 Å². The molecule has 4 rings (SSSR count). The molecule has 13 heteroatoms. The number of amidine groups is 1. The summed E-state index contributed by atoms with van der Waals surface area (Å²) in [6.07, 6.45) is 2.27. The standard InChI is InChI=1S/C29H33Cl2N7O2S.ClH/c30-13-16-38(17-14-31)21-7-4-19(5-8-21)2-1-3-26(39)37-27-11-10-24(41-27)28-35-22-9-6-20(18-23(22)36-28)29(40)34-15-12-25(32)33;/h4-11,18H,1-3,12-17H2,(H3,32,33)(H,34,40)(H,35,36)(H,37,39);1H. The third kappa shape index (κ3) is 9.35. The summed E-state index contributed by atoms with van der Waals surface area (Å²) < 4.78 is 0. The van der Waals surface area contributed by atoms with E-state index in [-0.39, 0.29) is 30.1 Å². The fourth-order valence-electron chi connectivity index (χ4n) is 4.31. The molecule has 0 saturated carbocycles. The topological polar surface area (TPSA) is 140 Å². The van der Waals surface area contributed by atoms with Gasteiger partial charge in [-0.1, -0.05) is 12.1 Å². The third-order valence-corrected chi connectivity index (χ3v) is 7.75. The highest BCUT2D eigenvalue weighted by atomic mass is 35.5. The van der Waals surface area contributed by atoms with Crippen molar-refractivity contribution >= 4 is 86.3 Å². The highest BCUT2D eigenvalue weighted by molar-refractivity contribution is 7.19. The molecule has 0 saturated heterocycles. The average Bonchev–Trinajstić information content (AvgIpc) is 3.59. The van der Waals surface area contributed by atoms with Crippen LogP contribution in [-0.4, -0.2) is 59.0 Å². The van der Waals surface area contributed by atoms with Crippen molar-refractivity contribution in [3.8, 4) is 10.7 Å². The highest BCUT2D eigenvalue weighted by Crippen LogP contribution is 2.31. The van der Waals surface area contributed by atoms with Gasteiger partial charge in [-0.25, -0.2) is 4.98 Å². The second kappa shape index (κ2) is 16.4. The quantitative estimate of drug-likeness (QED) is 0.0609. The summed E-state index contributed by atoms with van der Waals surface area (Å²) in [4.78, 5) is 35.9. The van der Waals surface area contributed by atoms with Gasteiger partial charge in [0.05, 0.1) is 26.7 Å². The number of amides is 2. The number of alkyl halides is 2. The van der Waals surface area contributed by atoms with Gasteiger partial charge in [-0.05, 0) is 60.9 Å². The second-order valence-corrected chi connectivity index (χ2v) is 11.3. The van der Waals surface area contributed by atoms with Crippen LogP contribution in [0.1, 0.15) is 35.2 Å². The molecule has 2 aromatic carbocycles. The summed E-state index contributed by atoms with van der Waals surface area (Å²) in [6, 6.07) is 17.4. The fourth-order valence-corrected chi connectivity index (χ4v) is 5.58. The van der Waals surface area contributed by atoms with Crippen LogP contribution in [0.4, 0.5) is 10.7 Å². The van der Waals surface area contributed by atoms with E-state index in [1.165, 1.54) is 16.9 Å². The largest absolute Gasteiger partial charge is 0.388 e. The normalized spacial score (nSPS) is 10.7. The zero-order valence-electron chi connectivity index (χ0n) is 22.9. The second-order valence-electron chi connectivity index (χ2n) is 9.45. The molecule has 2 heterocycles. The van der Waals surface area contributed by atoms with E-state index < -0.39 is 0 Å². The molecule has 0 aliphatic rings. The number of hydrogen-bond donors (Lipinski definition) is 5. The number of halogens is 3. The van der Waals surface area contributed by atoms with Crippen LogP contribution in [0.2, 0.25) is 0 Å². The maximum atomic E-state index is 12.6. The molecular weight excluding hydrogens is 617 g/mol. The molecule has 2 amide bonds. The van der Waals surface area contributed by atoms with Crippen molar-refractivity contribution in [3.63, 3.8) is 0 Å². The number of aromatic nitrogens is 2. The lowest BCUT2D eigenvalue weighted by atomic mass is 10.1. The molecule has 0 aliphatic carbocycles. The molecule has 0 unspecified atom stereocenters. The number of aryl methyl sites for hydroxylation is 1. The number of benzene rings is 2. The number of carbonyl (C=O) groups excluding carboxylic acids is 2. The lowest BCUT2D eigenvalue weighted by molar-refractivity contribution is -0.116. The summed E-state index contributed by atoms with van der Waals surface area (Å²) in [5.74, 6) is 1.51. The van der Waals surface area contributed by atoms with Gasteiger partial charge in [0.25, 0.3) is 5.91 Å². The van der Waals surface area contributed by atoms with Gasteiger partial charge in [0.2, 0.25) is 5.91 Å². The van der Waals surface area contributed by atoms with Crippen molar-refractivity contribution in [2.45, 2.75) is 25.7 Å². The lowest BCUT2D eigenvalue weighted by Crippen LogP contribution is -2.27. The van der Waals surface area contributed by atoms with E-state index >= 15 is 0 Å². The van der Waals surface area contributed by atoms with E-state index in [0.717, 1.165) is 47.0 Å². The van der Waals surface area contributed by atoms with Gasteiger partial charge >= 0.3 is 0 Å². The summed E-state index contributed by atoms with van der Waals surface area (Å²) in [6.45, 7) is 1.80. The van der Waals surface area contributed by atoms with E-state index in [1.54, 1.807) is 12.1 Å². The predicted octanol–water partition coefficient (Wildman–Crippen LogP) is 6.01. The smallest absolute Gasteiger partial charge is 0.251 e. The molecule has 0 aliphatic heterocycles. The van der Waals surface area contributed by atoms with Crippen molar-refractivity contribution in [2.24, 2.45) is 5.73 Å². The molecule has 0 spiro atoms. The highest BCUT2D eigenvalue weighted by Gasteiger charge is 2.13. The zero-order chi connectivity index (χ0) is 29.2. The van der Waals surface area contributed by atoms with Crippen LogP contribution in [0.5, 0.6) is 0 Å². The molecule has 6 N–H and O–H groups in total. The molecular formula is C29H34Cl3N7O2S.